The summed E-state index contributed by atoms with van der Waals surface area (Å²) >= 11 is 6.95. The van der Waals surface area contributed by atoms with Crippen LogP contribution in [-0.4, -0.2) is 4.98 Å². The van der Waals surface area contributed by atoms with E-state index in [2.05, 4.69) is 45.2 Å². The van der Waals surface area contributed by atoms with Gasteiger partial charge in [0.25, 0.3) is 0 Å². The third-order valence-electron chi connectivity index (χ3n) is 2.72. The lowest BCUT2D eigenvalue weighted by molar-refractivity contribution is 1.05. The fraction of sp³-hybridized carbons (Fsp3) is 0.0714. The summed E-state index contributed by atoms with van der Waals surface area (Å²) in [6, 6.07) is 14.4. The van der Waals surface area contributed by atoms with Gasteiger partial charge in [0.1, 0.15) is 0 Å². The van der Waals surface area contributed by atoms with Gasteiger partial charge in [0.15, 0.2) is 4.34 Å². The number of fused-ring (bicyclic) bond motifs is 1. The maximum absolute atomic E-state index is 5.66. The van der Waals surface area contributed by atoms with Crippen molar-refractivity contribution in [2.75, 3.05) is 0 Å². The van der Waals surface area contributed by atoms with Crippen LogP contribution in [0.3, 0.4) is 0 Å². The normalized spacial score (nSPS) is 11.1. The minimum atomic E-state index is 0.548. The van der Waals surface area contributed by atoms with Crippen molar-refractivity contribution in [3.05, 3.63) is 52.5 Å². The van der Waals surface area contributed by atoms with Crippen molar-refractivity contribution in [1.29, 1.82) is 0 Å². The molecule has 0 saturated carbocycles. The molecule has 1 aromatic heterocycles. The van der Waals surface area contributed by atoms with E-state index in [1.807, 2.05) is 18.2 Å². The fourth-order valence-corrected chi connectivity index (χ4v) is 4.52. The quantitative estimate of drug-likeness (QED) is 0.745. The van der Waals surface area contributed by atoms with Crippen molar-refractivity contribution >= 4 is 49.2 Å². The lowest BCUT2D eigenvalue weighted by Crippen LogP contribution is -1.96. The third-order valence-corrected chi connectivity index (χ3v) is 5.55. The van der Waals surface area contributed by atoms with Gasteiger partial charge >= 0.3 is 0 Å². The Hall–Kier alpha value is -0.880. The molecule has 2 N–H and O–H groups in total. The van der Waals surface area contributed by atoms with Gasteiger partial charge in [0, 0.05) is 15.9 Å². The Bertz CT molecular complexity index is 691. The second kappa shape index (κ2) is 5.63. The van der Waals surface area contributed by atoms with Crippen LogP contribution in [0, 0.1) is 0 Å². The Morgan fingerprint density at radius 3 is 2.79 bits per heavy atom. The number of rotatable bonds is 3. The molecule has 96 valence electrons. The molecule has 0 unspecified atom stereocenters. The van der Waals surface area contributed by atoms with Crippen molar-refractivity contribution in [1.82, 2.24) is 4.98 Å². The standard InChI is InChI=1S/C14H11BrN2S2/c15-11-7-10(6-5-9(11)8-16)18-14-17-12-3-1-2-4-13(12)19-14/h1-7H,8,16H2. The average molecular weight is 351 g/mol. The lowest BCUT2D eigenvalue weighted by atomic mass is 10.2. The number of hydrogen-bond acceptors (Lipinski definition) is 4. The third kappa shape index (κ3) is 2.84. The molecule has 0 aliphatic carbocycles. The van der Waals surface area contributed by atoms with Crippen molar-refractivity contribution in [2.45, 2.75) is 15.8 Å². The molecule has 0 bridgehead atoms. The molecule has 19 heavy (non-hydrogen) atoms. The zero-order valence-corrected chi connectivity index (χ0v) is 13.2. The predicted molar refractivity (Wildman–Crippen MR) is 85.8 cm³/mol. The molecule has 0 aliphatic heterocycles. The molecule has 3 rings (SSSR count). The van der Waals surface area contributed by atoms with Crippen LogP contribution in [0.4, 0.5) is 0 Å². The topological polar surface area (TPSA) is 38.9 Å². The number of halogens is 1. The van der Waals surface area contributed by atoms with E-state index in [9.17, 15) is 0 Å². The summed E-state index contributed by atoms with van der Waals surface area (Å²) in [5.74, 6) is 0. The van der Waals surface area contributed by atoms with Gasteiger partial charge in [-0.15, -0.1) is 11.3 Å². The molecule has 0 atom stereocenters. The number of nitrogens with two attached hydrogens (primary N) is 1. The summed E-state index contributed by atoms with van der Waals surface area (Å²) in [5, 5.41) is 0. The van der Waals surface area contributed by atoms with E-state index in [1.165, 1.54) is 9.60 Å². The van der Waals surface area contributed by atoms with E-state index >= 15 is 0 Å². The molecule has 3 aromatic rings. The summed E-state index contributed by atoms with van der Waals surface area (Å²) in [6.07, 6.45) is 0. The van der Waals surface area contributed by atoms with Crippen LogP contribution in [-0.2, 0) is 6.54 Å². The van der Waals surface area contributed by atoms with Gasteiger partial charge in [0.2, 0.25) is 0 Å². The number of nitrogens with zero attached hydrogens (tertiary/aromatic N) is 1. The van der Waals surface area contributed by atoms with Gasteiger partial charge in [-0.1, -0.05) is 45.9 Å². The fourth-order valence-electron chi connectivity index (χ4n) is 1.75. The van der Waals surface area contributed by atoms with Gasteiger partial charge in [-0.2, -0.15) is 0 Å². The zero-order chi connectivity index (χ0) is 13.2. The molecule has 0 spiro atoms. The minimum absolute atomic E-state index is 0.548. The van der Waals surface area contributed by atoms with Crippen LogP contribution in [0.5, 0.6) is 0 Å². The van der Waals surface area contributed by atoms with Gasteiger partial charge in [-0.05, 0) is 29.8 Å². The lowest BCUT2D eigenvalue weighted by Gasteiger charge is -2.03. The van der Waals surface area contributed by atoms with Crippen LogP contribution in [0.2, 0.25) is 0 Å². The number of para-hydroxylation sites is 1. The van der Waals surface area contributed by atoms with E-state index in [4.69, 9.17) is 5.73 Å². The Kier molecular flexibility index (Phi) is 3.88. The first-order valence-corrected chi connectivity index (χ1v) is 8.21. The molecule has 5 heteroatoms. The monoisotopic (exact) mass is 350 g/mol. The van der Waals surface area contributed by atoms with Crippen molar-refractivity contribution in [2.24, 2.45) is 5.73 Å². The summed E-state index contributed by atoms with van der Waals surface area (Å²) in [6.45, 7) is 0.548. The van der Waals surface area contributed by atoms with E-state index in [-0.39, 0.29) is 0 Å². The van der Waals surface area contributed by atoms with Gasteiger partial charge in [0.05, 0.1) is 10.2 Å². The van der Waals surface area contributed by atoms with Crippen molar-refractivity contribution in [3.8, 4) is 0 Å². The Morgan fingerprint density at radius 2 is 2.05 bits per heavy atom. The summed E-state index contributed by atoms with van der Waals surface area (Å²) < 4.78 is 3.34. The summed E-state index contributed by atoms with van der Waals surface area (Å²) in [7, 11) is 0. The zero-order valence-electron chi connectivity index (χ0n) is 9.97. The molecule has 0 radical (unpaired) electrons. The number of benzene rings is 2. The number of thiazole rings is 1. The second-order valence-electron chi connectivity index (χ2n) is 4.01. The molecular formula is C14H11BrN2S2. The van der Waals surface area contributed by atoms with E-state index in [0.29, 0.717) is 6.54 Å². The largest absolute Gasteiger partial charge is 0.326 e. The molecule has 0 aliphatic rings. The first-order chi connectivity index (χ1) is 9.26. The van der Waals surface area contributed by atoms with Crippen molar-refractivity contribution < 1.29 is 0 Å². The Balaban J connectivity index is 1.90. The predicted octanol–water partition coefficient (Wildman–Crippen LogP) is 4.67. The highest BCUT2D eigenvalue weighted by Crippen LogP contribution is 2.35. The van der Waals surface area contributed by atoms with E-state index in [0.717, 1.165) is 19.9 Å². The second-order valence-corrected chi connectivity index (χ2v) is 7.21. The average Bonchev–Trinajstić information content (AvgIpc) is 2.81. The van der Waals surface area contributed by atoms with Gasteiger partial charge < -0.3 is 5.73 Å². The smallest absolute Gasteiger partial charge is 0.155 e. The maximum atomic E-state index is 5.66. The van der Waals surface area contributed by atoms with Crippen LogP contribution in [0.1, 0.15) is 5.56 Å². The van der Waals surface area contributed by atoms with Crippen molar-refractivity contribution in [3.63, 3.8) is 0 Å². The van der Waals surface area contributed by atoms with Crippen LogP contribution >= 0.6 is 39.0 Å². The highest BCUT2D eigenvalue weighted by atomic mass is 79.9. The Labute approximate surface area is 128 Å². The first kappa shape index (κ1) is 13.1. The van der Waals surface area contributed by atoms with Crippen LogP contribution < -0.4 is 5.73 Å². The first-order valence-electron chi connectivity index (χ1n) is 5.78. The van der Waals surface area contributed by atoms with Gasteiger partial charge in [-0.3, -0.25) is 0 Å². The van der Waals surface area contributed by atoms with Crippen LogP contribution in [0.15, 0.2) is 56.2 Å². The molecule has 2 aromatic carbocycles. The highest BCUT2D eigenvalue weighted by Gasteiger charge is 2.06. The molecular weight excluding hydrogens is 340 g/mol. The maximum Gasteiger partial charge on any atom is 0.155 e. The highest BCUT2D eigenvalue weighted by molar-refractivity contribution is 9.10. The SMILES string of the molecule is NCc1ccc(Sc2nc3ccccc3s2)cc1Br. The molecule has 0 amide bonds. The minimum Gasteiger partial charge on any atom is -0.326 e. The van der Waals surface area contributed by atoms with Gasteiger partial charge in [-0.25, -0.2) is 4.98 Å². The number of hydrogen-bond donors (Lipinski definition) is 1. The molecule has 0 saturated heterocycles. The molecule has 1 heterocycles. The van der Waals surface area contributed by atoms with Crippen LogP contribution in [0.25, 0.3) is 10.2 Å². The summed E-state index contributed by atoms with van der Waals surface area (Å²) in [4.78, 5) is 5.79. The Morgan fingerprint density at radius 1 is 1.21 bits per heavy atom. The summed E-state index contributed by atoms with van der Waals surface area (Å²) in [5.41, 5.74) is 7.84. The molecule has 2 nitrogen and oxygen atoms in total. The number of aromatic nitrogens is 1. The molecule has 0 fully saturated rings. The van der Waals surface area contributed by atoms with E-state index in [1.54, 1.807) is 23.1 Å². The van der Waals surface area contributed by atoms with E-state index < -0.39 is 0 Å².